The van der Waals surface area contributed by atoms with Crippen molar-refractivity contribution in [2.45, 2.75) is 218 Å². The molecule has 0 bridgehead atoms. The highest BCUT2D eigenvalue weighted by Gasteiger charge is 2.54. The van der Waals surface area contributed by atoms with Crippen molar-refractivity contribution in [2.75, 3.05) is 74.2 Å². The fourth-order valence-electron chi connectivity index (χ4n) is 11.2. The second-order valence-electron chi connectivity index (χ2n) is 23.4. The van der Waals surface area contributed by atoms with Crippen LogP contribution in [0.15, 0.2) is 36.4 Å². The molecular formula is C60H90Br2N4O14. The summed E-state index contributed by atoms with van der Waals surface area (Å²) in [6, 6.07) is 8.98. The van der Waals surface area contributed by atoms with Crippen LogP contribution in [0.5, 0.6) is 11.5 Å². The third kappa shape index (κ3) is 17.2. The van der Waals surface area contributed by atoms with E-state index in [1.165, 1.54) is 52.6 Å². The number of amides is 4. The van der Waals surface area contributed by atoms with Gasteiger partial charge in [0.05, 0.1) is 48.9 Å². The van der Waals surface area contributed by atoms with E-state index in [2.05, 4.69) is 31.9 Å². The normalized spacial score (nSPS) is 24.9. The summed E-state index contributed by atoms with van der Waals surface area (Å²) >= 11 is 6.82. The first-order valence-corrected chi connectivity index (χ1v) is 31.6. The van der Waals surface area contributed by atoms with Crippen LogP contribution in [0.25, 0.3) is 0 Å². The van der Waals surface area contributed by atoms with E-state index in [-0.39, 0.29) is 11.8 Å². The number of unbranched alkanes of at least 4 members (excludes halogenated alkanes) is 8. The van der Waals surface area contributed by atoms with E-state index in [4.69, 9.17) is 47.4 Å². The summed E-state index contributed by atoms with van der Waals surface area (Å²) in [5.74, 6) is 0.529. The van der Waals surface area contributed by atoms with Gasteiger partial charge in [0.2, 0.25) is 0 Å². The lowest BCUT2D eigenvalue weighted by molar-refractivity contribution is -0.202. The van der Waals surface area contributed by atoms with E-state index in [1.54, 1.807) is 60.4 Å². The lowest BCUT2D eigenvalue weighted by Crippen LogP contribution is -2.58. The number of rotatable bonds is 22. The number of benzene rings is 2. The minimum absolute atomic E-state index is 0.232. The zero-order valence-corrected chi connectivity index (χ0v) is 51.9. The van der Waals surface area contributed by atoms with E-state index in [1.807, 2.05) is 41.5 Å². The summed E-state index contributed by atoms with van der Waals surface area (Å²) in [5, 5.41) is 2.34. The number of carbonyl (C=O) groups excluding carboxylic acids is 4. The van der Waals surface area contributed by atoms with Gasteiger partial charge in [-0.1, -0.05) is 70.4 Å². The number of hydrogen-bond acceptors (Lipinski definition) is 14. The van der Waals surface area contributed by atoms with Crippen LogP contribution in [0.2, 0.25) is 0 Å². The third-order valence-corrected chi connectivity index (χ3v) is 16.2. The molecule has 2 aromatic rings. The van der Waals surface area contributed by atoms with Crippen LogP contribution in [-0.2, 0) is 37.9 Å². The van der Waals surface area contributed by atoms with Crippen LogP contribution in [0.1, 0.15) is 178 Å². The van der Waals surface area contributed by atoms with Gasteiger partial charge in [-0.3, -0.25) is 9.59 Å². The van der Waals surface area contributed by atoms with Gasteiger partial charge in [0.25, 0.3) is 11.8 Å². The number of fused-ring (bicyclic) bond motifs is 4. The van der Waals surface area contributed by atoms with E-state index in [9.17, 15) is 19.2 Å². The Hall–Kier alpha value is -3.76. The van der Waals surface area contributed by atoms with Gasteiger partial charge >= 0.3 is 12.2 Å². The maximum absolute atomic E-state index is 14.4. The molecule has 18 nitrogen and oxygen atoms in total. The third-order valence-electron chi connectivity index (χ3n) is 15.1. The number of nitrogens with zero attached hydrogens (tertiary/aromatic N) is 4. The molecule has 6 aliphatic heterocycles. The van der Waals surface area contributed by atoms with Crippen LogP contribution >= 0.6 is 31.9 Å². The molecule has 0 N–H and O–H groups in total. The van der Waals surface area contributed by atoms with E-state index in [0.29, 0.717) is 99.2 Å². The molecule has 6 heterocycles. The fraction of sp³-hybridized carbons (Fsp3) is 0.733. The van der Waals surface area contributed by atoms with Crippen molar-refractivity contribution in [1.29, 1.82) is 0 Å². The molecule has 0 aliphatic carbocycles. The molecular weight excluding hydrogens is 1160 g/mol. The number of carbonyl (C=O) groups is 4. The Kier molecular flexibility index (Phi) is 24.5. The first-order valence-electron chi connectivity index (χ1n) is 29.4. The van der Waals surface area contributed by atoms with E-state index < -0.39 is 72.7 Å². The standard InChI is InChI=1S/C53H76N4O14.C7H14Br2/c1-52(2,3)70-50(60)56-38-22-20-34(62-7)32-36(38)46(58)54-26-24-40(44(54)48(56)68-42-18-12-16-30-66-42)64-28-14-10-9-11-15-29-65-41-25-27-55-45(41)49(69-43-19-13-17-31-67-43)57(51(61)71-53(4,5)6)39-23-21-35(63-8)33-37(39)47(55)59;8-6-4-2-1-3-5-7-9/h20-23,32-33,40-45,48-49H,9-19,24-31H2,1-8H3;1-7H2/t40?,41?,42?,43?,44-,45-,48-,49-;/m0./s1. The predicted molar refractivity (Wildman–Crippen MR) is 312 cm³/mol. The van der Waals surface area contributed by atoms with Crippen LogP contribution in [0, 0.1) is 0 Å². The lowest BCUT2D eigenvalue weighted by atomic mass is 10.1. The van der Waals surface area contributed by atoms with Gasteiger partial charge in [0.1, 0.15) is 34.8 Å². The smallest absolute Gasteiger partial charge is 0.417 e. The summed E-state index contributed by atoms with van der Waals surface area (Å²) in [7, 11) is 3.09. The first-order chi connectivity index (χ1) is 38.5. The zero-order chi connectivity index (χ0) is 57.4. The minimum Gasteiger partial charge on any atom is -0.497 e. The number of alkyl halides is 2. The molecule has 6 aliphatic rings. The van der Waals surface area contributed by atoms with Crippen molar-refractivity contribution in [3.63, 3.8) is 0 Å². The molecule has 80 heavy (non-hydrogen) atoms. The van der Waals surface area contributed by atoms with Crippen molar-refractivity contribution >= 4 is 67.2 Å². The Labute approximate surface area is 492 Å². The molecule has 4 saturated heterocycles. The largest absolute Gasteiger partial charge is 0.497 e. The fourth-order valence-corrected chi connectivity index (χ4v) is 12.0. The summed E-state index contributed by atoms with van der Waals surface area (Å²) in [5.41, 5.74) is -0.214. The lowest BCUT2D eigenvalue weighted by Gasteiger charge is -2.40. The van der Waals surface area contributed by atoms with Gasteiger partial charge in [0.15, 0.2) is 25.0 Å². The summed E-state index contributed by atoms with van der Waals surface area (Å²) in [6.45, 7) is 13.7. The predicted octanol–water partition coefficient (Wildman–Crippen LogP) is 12.5. The number of anilines is 2. The van der Waals surface area contributed by atoms with Crippen molar-refractivity contribution in [3.8, 4) is 11.5 Å². The average molecular weight is 1250 g/mol. The summed E-state index contributed by atoms with van der Waals surface area (Å²) in [4.78, 5) is 63.9. The van der Waals surface area contributed by atoms with Gasteiger partial charge in [-0.25, -0.2) is 19.4 Å². The molecule has 448 valence electrons. The minimum atomic E-state index is -0.941. The highest BCUT2D eigenvalue weighted by molar-refractivity contribution is 9.09. The van der Waals surface area contributed by atoms with Crippen LogP contribution in [-0.4, -0.2) is 159 Å². The molecule has 20 heteroatoms. The van der Waals surface area contributed by atoms with Gasteiger partial charge < -0.3 is 57.2 Å². The molecule has 0 aromatic heterocycles. The first kappa shape index (κ1) is 63.8. The van der Waals surface area contributed by atoms with E-state index in [0.717, 1.165) is 57.8 Å². The average Bonchev–Trinajstić information content (AvgIpc) is 4.09. The van der Waals surface area contributed by atoms with Crippen molar-refractivity contribution in [3.05, 3.63) is 47.5 Å². The second kappa shape index (κ2) is 30.7. The van der Waals surface area contributed by atoms with Crippen LogP contribution < -0.4 is 19.3 Å². The Morgan fingerprint density at radius 1 is 0.550 bits per heavy atom. The van der Waals surface area contributed by atoms with Gasteiger partial charge in [-0.05, 0) is 155 Å². The monoisotopic (exact) mass is 1250 g/mol. The Balaban J connectivity index is 0.000000944. The van der Waals surface area contributed by atoms with Gasteiger partial charge in [0, 0.05) is 50.2 Å². The molecule has 4 unspecified atom stereocenters. The number of methoxy groups -OCH3 is 2. The molecule has 0 radical (unpaired) electrons. The second-order valence-corrected chi connectivity index (χ2v) is 25.0. The molecule has 8 rings (SSSR count). The van der Waals surface area contributed by atoms with Crippen molar-refractivity contribution < 1.29 is 66.5 Å². The highest BCUT2D eigenvalue weighted by atomic mass is 79.9. The van der Waals surface area contributed by atoms with Crippen molar-refractivity contribution in [2.24, 2.45) is 0 Å². The van der Waals surface area contributed by atoms with Crippen LogP contribution in [0.3, 0.4) is 0 Å². The number of halogens is 2. The number of ether oxygens (including phenoxy) is 10. The topological polar surface area (TPSA) is 174 Å². The van der Waals surface area contributed by atoms with E-state index >= 15 is 0 Å². The Bertz CT molecular complexity index is 2150. The van der Waals surface area contributed by atoms with Gasteiger partial charge in [-0.2, -0.15) is 0 Å². The molecule has 4 amide bonds. The Morgan fingerprint density at radius 2 is 0.938 bits per heavy atom. The highest BCUT2D eigenvalue weighted by Crippen LogP contribution is 2.42. The zero-order valence-electron chi connectivity index (χ0n) is 48.7. The molecule has 0 spiro atoms. The Morgan fingerprint density at radius 3 is 1.29 bits per heavy atom. The van der Waals surface area contributed by atoms with Gasteiger partial charge in [-0.15, -0.1) is 0 Å². The molecule has 2 aromatic carbocycles. The quantitative estimate of drug-likeness (QED) is 0.0804. The summed E-state index contributed by atoms with van der Waals surface area (Å²) in [6.07, 6.45) is 12.2. The maximum Gasteiger partial charge on any atom is 0.417 e. The van der Waals surface area contributed by atoms with Crippen molar-refractivity contribution in [1.82, 2.24) is 9.80 Å². The maximum atomic E-state index is 14.4. The van der Waals surface area contributed by atoms with Crippen LogP contribution in [0.4, 0.5) is 21.0 Å². The number of hydrogen-bond donors (Lipinski definition) is 0. The molecule has 0 saturated carbocycles. The molecule has 4 fully saturated rings. The summed E-state index contributed by atoms with van der Waals surface area (Å²) < 4.78 is 61.9. The SMILES string of the molecule is BrCCCCCCCBr.COc1ccc2c(c1)C(=O)N1CCC(OCCCCCCCOC3CCN4C(=O)c5cc(OC)ccc5N(C(=O)OC(C)(C)C)[C@@H](OC5CCCCO5)[C@H]34)[C@H]1[C@H](OC1CCCCO1)N2C(=O)OC(C)(C)C. The molecule has 8 atom stereocenters.